The zero-order valence-corrected chi connectivity index (χ0v) is 8.86. The molecule has 3 nitrogen and oxygen atoms in total. The second-order valence-corrected chi connectivity index (χ2v) is 3.49. The number of alkyl halides is 2. The molecule has 0 aliphatic heterocycles. The molecular formula is C11H14F2O3. The largest absolute Gasteiger partial charge is 0.490 e. The second-order valence-electron chi connectivity index (χ2n) is 3.49. The van der Waals surface area contributed by atoms with Crippen molar-refractivity contribution in [2.75, 3.05) is 13.2 Å². The van der Waals surface area contributed by atoms with E-state index in [1.54, 1.807) is 13.0 Å². The highest BCUT2D eigenvalue weighted by Crippen LogP contribution is 2.29. The van der Waals surface area contributed by atoms with Gasteiger partial charge in [0.1, 0.15) is 18.5 Å². The molecular weight excluding hydrogens is 218 g/mol. The summed E-state index contributed by atoms with van der Waals surface area (Å²) in [5, 5.41) is 17.6. The number of ether oxygens (including phenoxy) is 1. The Hall–Kier alpha value is -1.20. The van der Waals surface area contributed by atoms with E-state index in [0.29, 0.717) is 5.56 Å². The summed E-state index contributed by atoms with van der Waals surface area (Å²) in [6, 6.07) is 4.42. The fourth-order valence-electron chi connectivity index (χ4n) is 1.21. The molecule has 1 aromatic carbocycles. The van der Waals surface area contributed by atoms with Crippen LogP contribution in [-0.2, 0) is 0 Å². The van der Waals surface area contributed by atoms with Gasteiger partial charge < -0.3 is 14.9 Å². The summed E-state index contributed by atoms with van der Waals surface area (Å²) in [5.74, 6) is 0.0353. The first-order valence-corrected chi connectivity index (χ1v) is 4.85. The molecule has 0 saturated heterocycles. The number of benzene rings is 1. The highest BCUT2D eigenvalue weighted by Gasteiger charge is 2.15. The summed E-state index contributed by atoms with van der Waals surface area (Å²) >= 11 is 0. The van der Waals surface area contributed by atoms with Crippen LogP contribution >= 0.6 is 0 Å². The van der Waals surface area contributed by atoms with Crippen LogP contribution in [0.1, 0.15) is 17.6 Å². The molecule has 0 amide bonds. The Kier molecular flexibility index (Phi) is 4.64. The van der Waals surface area contributed by atoms with Crippen molar-refractivity contribution in [3.8, 4) is 5.75 Å². The lowest BCUT2D eigenvalue weighted by Crippen LogP contribution is -2.21. The van der Waals surface area contributed by atoms with E-state index in [1.165, 1.54) is 12.1 Å². The minimum absolute atomic E-state index is 0.0353. The van der Waals surface area contributed by atoms with Crippen LogP contribution in [0.5, 0.6) is 5.75 Å². The van der Waals surface area contributed by atoms with E-state index in [-0.39, 0.29) is 17.9 Å². The Bertz CT molecular complexity index is 342. The van der Waals surface area contributed by atoms with Crippen molar-refractivity contribution in [1.82, 2.24) is 0 Å². The molecule has 1 aromatic rings. The lowest BCUT2D eigenvalue weighted by Gasteiger charge is -2.13. The number of hydrogen-bond acceptors (Lipinski definition) is 3. The second kappa shape index (κ2) is 5.77. The van der Waals surface area contributed by atoms with Gasteiger partial charge in [-0.25, -0.2) is 8.78 Å². The van der Waals surface area contributed by atoms with Crippen molar-refractivity contribution in [2.45, 2.75) is 19.5 Å². The molecule has 1 atom stereocenters. The summed E-state index contributed by atoms with van der Waals surface area (Å²) in [6.45, 7) is 1.04. The molecule has 0 radical (unpaired) electrons. The molecule has 0 aromatic heterocycles. The van der Waals surface area contributed by atoms with Crippen molar-refractivity contribution in [3.63, 3.8) is 0 Å². The maximum Gasteiger partial charge on any atom is 0.267 e. The molecule has 1 unspecified atom stereocenters. The molecule has 16 heavy (non-hydrogen) atoms. The average Bonchev–Trinajstić information content (AvgIpc) is 2.26. The quantitative estimate of drug-likeness (QED) is 0.811. The zero-order chi connectivity index (χ0) is 12.1. The summed E-state index contributed by atoms with van der Waals surface area (Å²) in [4.78, 5) is 0. The third-order valence-electron chi connectivity index (χ3n) is 2.04. The van der Waals surface area contributed by atoms with Crippen LogP contribution in [0.4, 0.5) is 8.78 Å². The van der Waals surface area contributed by atoms with Gasteiger partial charge in [0.2, 0.25) is 0 Å². The fourth-order valence-corrected chi connectivity index (χ4v) is 1.21. The van der Waals surface area contributed by atoms with Gasteiger partial charge >= 0.3 is 0 Å². The van der Waals surface area contributed by atoms with E-state index in [4.69, 9.17) is 14.9 Å². The van der Waals surface area contributed by atoms with Gasteiger partial charge in [0.25, 0.3) is 6.43 Å². The van der Waals surface area contributed by atoms with Gasteiger partial charge in [0.15, 0.2) is 0 Å². The van der Waals surface area contributed by atoms with Crippen LogP contribution in [0, 0.1) is 6.92 Å². The molecule has 1 rings (SSSR count). The molecule has 0 bridgehead atoms. The fraction of sp³-hybridized carbons (Fsp3) is 0.455. The maximum absolute atomic E-state index is 12.6. The van der Waals surface area contributed by atoms with E-state index in [1.807, 2.05) is 0 Å². The van der Waals surface area contributed by atoms with E-state index >= 15 is 0 Å². The van der Waals surface area contributed by atoms with Gasteiger partial charge in [-0.05, 0) is 19.1 Å². The van der Waals surface area contributed by atoms with E-state index in [2.05, 4.69) is 0 Å². The normalized spacial score (nSPS) is 12.9. The monoisotopic (exact) mass is 232 g/mol. The van der Waals surface area contributed by atoms with Gasteiger partial charge in [-0.2, -0.15) is 0 Å². The van der Waals surface area contributed by atoms with Crippen molar-refractivity contribution in [1.29, 1.82) is 0 Å². The number of halogens is 2. The van der Waals surface area contributed by atoms with Gasteiger partial charge in [0.05, 0.1) is 12.2 Å². The van der Waals surface area contributed by atoms with Crippen LogP contribution in [0.25, 0.3) is 0 Å². The van der Waals surface area contributed by atoms with Crippen molar-refractivity contribution < 1.29 is 23.7 Å². The summed E-state index contributed by atoms with van der Waals surface area (Å²) < 4.78 is 30.3. The molecule has 0 aliphatic rings. The SMILES string of the molecule is Cc1ccc(OCC(O)CO)c(C(F)F)c1. The van der Waals surface area contributed by atoms with Crippen LogP contribution in [0.2, 0.25) is 0 Å². The Morgan fingerprint density at radius 3 is 2.62 bits per heavy atom. The first-order valence-electron chi connectivity index (χ1n) is 4.85. The molecule has 0 saturated carbocycles. The Morgan fingerprint density at radius 2 is 2.06 bits per heavy atom. The smallest absolute Gasteiger partial charge is 0.267 e. The van der Waals surface area contributed by atoms with Crippen LogP contribution < -0.4 is 4.74 Å². The molecule has 0 heterocycles. The van der Waals surface area contributed by atoms with Gasteiger partial charge in [-0.15, -0.1) is 0 Å². The van der Waals surface area contributed by atoms with E-state index < -0.39 is 19.1 Å². The number of aryl methyl sites for hydroxylation is 1. The van der Waals surface area contributed by atoms with Crippen molar-refractivity contribution in [3.05, 3.63) is 29.3 Å². The standard InChI is InChI=1S/C11H14F2O3/c1-7-2-3-10(9(4-7)11(12)13)16-6-8(15)5-14/h2-4,8,11,14-15H,5-6H2,1H3. The number of hydrogen-bond donors (Lipinski definition) is 2. The number of rotatable bonds is 5. The Morgan fingerprint density at radius 1 is 1.38 bits per heavy atom. The lowest BCUT2D eigenvalue weighted by atomic mass is 10.1. The summed E-state index contributed by atoms with van der Waals surface area (Å²) in [7, 11) is 0. The topological polar surface area (TPSA) is 49.7 Å². The third-order valence-corrected chi connectivity index (χ3v) is 2.04. The van der Waals surface area contributed by atoms with Crippen molar-refractivity contribution >= 4 is 0 Å². The minimum atomic E-state index is -2.62. The number of aliphatic hydroxyl groups is 2. The summed E-state index contributed by atoms with van der Waals surface area (Å²) in [5.41, 5.74) is 0.510. The zero-order valence-electron chi connectivity index (χ0n) is 8.86. The van der Waals surface area contributed by atoms with E-state index in [0.717, 1.165) is 0 Å². The van der Waals surface area contributed by atoms with Gasteiger partial charge in [-0.1, -0.05) is 11.6 Å². The minimum Gasteiger partial charge on any atom is -0.490 e. The predicted molar refractivity (Wildman–Crippen MR) is 54.7 cm³/mol. The lowest BCUT2D eigenvalue weighted by molar-refractivity contribution is 0.0514. The van der Waals surface area contributed by atoms with Crippen LogP contribution in [0.15, 0.2) is 18.2 Å². The first-order chi connectivity index (χ1) is 7.54. The molecule has 2 N–H and O–H groups in total. The van der Waals surface area contributed by atoms with E-state index in [9.17, 15) is 8.78 Å². The Balaban J connectivity index is 2.78. The van der Waals surface area contributed by atoms with Crippen LogP contribution in [0.3, 0.4) is 0 Å². The van der Waals surface area contributed by atoms with Crippen LogP contribution in [-0.4, -0.2) is 29.5 Å². The van der Waals surface area contributed by atoms with Crippen molar-refractivity contribution in [2.24, 2.45) is 0 Å². The number of aliphatic hydroxyl groups excluding tert-OH is 2. The average molecular weight is 232 g/mol. The Labute approximate surface area is 92.3 Å². The van der Waals surface area contributed by atoms with Gasteiger partial charge in [-0.3, -0.25) is 0 Å². The predicted octanol–water partition coefficient (Wildman–Crippen LogP) is 1.66. The molecule has 0 aliphatic carbocycles. The third kappa shape index (κ3) is 3.43. The maximum atomic E-state index is 12.6. The first kappa shape index (κ1) is 12.9. The highest BCUT2D eigenvalue weighted by molar-refractivity contribution is 5.37. The summed E-state index contributed by atoms with van der Waals surface area (Å²) in [6.07, 6.45) is -3.69. The highest BCUT2D eigenvalue weighted by atomic mass is 19.3. The molecule has 0 fully saturated rings. The molecule has 0 spiro atoms. The van der Waals surface area contributed by atoms with Gasteiger partial charge in [0, 0.05) is 0 Å². The molecule has 5 heteroatoms. The molecule has 90 valence electrons.